The zero-order valence-electron chi connectivity index (χ0n) is 14.1. The van der Waals surface area contributed by atoms with Crippen molar-refractivity contribution in [2.75, 3.05) is 5.32 Å². The van der Waals surface area contributed by atoms with E-state index in [1.54, 1.807) is 6.07 Å². The third kappa shape index (κ3) is 3.27. The molecule has 0 atom stereocenters. The number of para-hydroxylation sites is 1. The number of benzene rings is 2. The van der Waals surface area contributed by atoms with Gasteiger partial charge in [-0.2, -0.15) is 5.10 Å². The predicted octanol–water partition coefficient (Wildman–Crippen LogP) is 4.75. The number of amides is 1. The summed E-state index contributed by atoms with van der Waals surface area (Å²) in [6.45, 7) is 1.90. The minimum Gasteiger partial charge on any atom is -0.298 e. The van der Waals surface area contributed by atoms with Crippen LogP contribution in [-0.2, 0) is 0 Å². The Labute approximate surface area is 154 Å². The molecule has 0 fully saturated rings. The second kappa shape index (κ2) is 6.93. The normalized spacial score (nSPS) is 11.3. The van der Waals surface area contributed by atoms with Crippen LogP contribution in [-0.4, -0.2) is 21.1 Å². The topological polar surface area (TPSA) is 70.7 Å². The van der Waals surface area contributed by atoms with Crippen LogP contribution in [0.3, 0.4) is 0 Å². The number of hydrogen-bond acceptors (Lipinski definition) is 4. The quantitative estimate of drug-likeness (QED) is 0.552. The molecule has 2 N–H and O–H groups in total. The molecule has 2 aromatic carbocycles. The van der Waals surface area contributed by atoms with Crippen molar-refractivity contribution in [3.8, 4) is 0 Å². The highest BCUT2D eigenvalue weighted by atomic mass is 32.1. The Morgan fingerprint density at radius 1 is 1.12 bits per heavy atom. The molecule has 128 valence electrons. The first kappa shape index (κ1) is 16.2. The van der Waals surface area contributed by atoms with Crippen molar-refractivity contribution in [2.45, 2.75) is 6.92 Å². The largest absolute Gasteiger partial charge is 0.298 e. The van der Waals surface area contributed by atoms with Crippen LogP contribution in [0.1, 0.15) is 27.3 Å². The molecule has 0 aliphatic rings. The maximum atomic E-state index is 12.6. The minimum atomic E-state index is -0.175. The fourth-order valence-corrected chi connectivity index (χ4v) is 3.39. The summed E-state index contributed by atoms with van der Waals surface area (Å²) in [6.07, 6.45) is 3.82. The van der Waals surface area contributed by atoms with Crippen LogP contribution in [0.2, 0.25) is 0 Å². The summed E-state index contributed by atoms with van der Waals surface area (Å²) < 4.78 is 0. The molecular weight excluding hydrogens is 344 g/mol. The lowest BCUT2D eigenvalue weighted by Crippen LogP contribution is -2.13. The Hall–Kier alpha value is -3.25. The Kier molecular flexibility index (Phi) is 4.33. The highest BCUT2D eigenvalue weighted by molar-refractivity contribution is 7.13. The van der Waals surface area contributed by atoms with Gasteiger partial charge in [-0.1, -0.05) is 42.5 Å². The second-order valence-corrected chi connectivity index (χ2v) is 6.68. The van der Waals surface area contributed by atoms with Gasteiger partial charge < -0.3 is 0 Å². The van der Waals surface area contributed by atoms with E-state index in [9.17, 15) is 4.79 Å². The molecule has 0 unspecified atom stereocenters. The number of hydrogen-bond donors (Lipinski definition) is 2. The fraction of sp³-hybridized carbons (Fsp3) is 0.0500. The van der Waals surface area contributed by atoms with Crippen molar-refractivity contribution in [1.82, 2.24) is 15.2 Å². The van der Waals surface area contributed by atoms with E-state index in [0.717, 1.165) is 27.9 Å². The van der Waals surface area contributed by atoms with Gasteiger partial charge in [0.2, 0.25) is 0 Å². The van der Waals surface area contributed by atoms with Gasteiger partial charge in [0.25, 0.3) is 5.91 Å². The SMILES string of the molecule is Cc1csc(NC(=O)c2ccccc2/C=C/c2n[nH]c3ccccc23)n1. The number of nitrogens with one attached hydrogen (secondary N) is 2. The van der Waals surface area contributed by atoms with Crippen LogP contribution in [0.15, 0.2) is 53.9 Å². The number of anilines is 1. The van der Waals surface area contributed by atoms with E-state index in [-0.39, 0.29) is 5.91 Å². The van der Waals surface area contributed by atoms with Crippen molar-refractivity contribution < 1.29 is 4.79 Å². The summed E-state index contributed by atoms with van der Waals surface area (Å²) in [7, 11) is 0. The van der Waals surface area contributed by atoms with E-state index < -0.39 is 0 Å². The van der Waals surface area contributed by atoms with Crippen LogP contribution in [0.4, 0.5) is 5.13 Å². The van der Waals surface area contributed by atoms with Gasteiger partial charge in [-0.25, -0.2) is 4.98 Å². The van der Waals surface area contributed by atoms with Gasteiger partial charge in [-0.15, -0.1) is 11.3 Å². The number of carbonyl (C=O) groups excluding carboxylic acids is 1. The van der Waals surface area contributed by atoms with E-state index >= 15 is 0 Å². The summed E-state index contributed by atoms with van der Waals surface area (Å²) in [5, 5.41) is 13.8. The number of fused-ring (bicyclic) bond motifs is 1. The summed E-state index contributed by atoms with van der Waals surface area (Å²) in [5.74, 6) is -0.175. The average molecular weight is 360 g/mol. The van der Waals surface area contributed by atoms with Crippen LogP contribution >= 0.6 is 11.3 Å². The number of nitrogens with zero attached hydrogens (tertiary/aromatic N) is 2. The fourth-order valence-electron chi connectivity index (χ4n) is 2.71. The maximum Gasteiger partial charge on any atom is 0.258 e. The van der Waals surface area contributed by atoms with Gasteiger partial charge >= 0.3 is 0 Å². The van der Waals surface area contributed by atoms with Crippen LogP contribution in [0.25, 0.3) is 23.1 Å². The molecule has 0 saturated carbocycles. The first-order valence-corrected chi connectivity index (χ1v) is 9.02. The standard InChI is InChI=1S/C20H16N4OS/c1-13-12-26-20(21-13)22-19(25)15-7-3-2-6-14(15)10-11-18-16-8-4-5-9-17(16)23-24-18/h2-12H,1H3,(H,23,24)(H,21,22,25)/b11-10+. The molecule has 2 heterocycles. The summed E-state index contributed by atoms with van der Waals surface area (Å²) in [4.78, 5) is 16.9. The van der Waals surface area contributed by atoms with Gasteiger partial charge in [0.1, 0.15) is 0 Å². The van der Waals surface area contributed by atoms with Gasteiger partial charge in [0.05, 0.1) is 16.9 Å². The molecule has 2 aromatic heterocycles. The molecule has 5 nitrogen and oxygen atoms in total. The molecule has 0 bridgehead atoms. The number of aromatic nitrogens is 3. The molecule has 4 rings (SSSR count). The molecule has 6 heteroatoms. The number of H-pyrrole nitrogens is 1. The zero-order valence-corrected chi connectivity index (χ0v) is 14.9. The summed E-state index contributed by atoms with van der Waals surface area (Å²) >= 11 is 1.42. The monoisotopic (exact) mass is 360 g/mol. The number of carbonyl (C=O) groups is 1. The molecule has 26 heavy (non-hydrogen) atoms. The van der Waals surface area contributed by atoms with Crippen molar-refractivity contribution in [3.05, 3.63) is 76.4 Å². The molecule has 0 aliphatic heterocycles. The predicted molar refractivity (Wildman–Crippen MR) is 106 cm³/mol. The van der Waals surface area contributed by atoms with Crippen molar-refractivity contribution in [1.29, 1.82) is 0 Å². The molecule has 1 amide bonds. The number of aromatic amines is 1. The lowest BCUT2D eigenvalue weighted by Gasteiger charge is -2.05. The third-order valence-electron chi connectivity index (χ3n) is 3.97. The summed E-state index contributed by atoms with van der Waals surface area (Å²) in [5.41, 5.74) is 4.13. The summed E-state index contributed by atoms with van der Waals surface area (Å²) in [6, 6.07) is 15.4. The molecule has 0 aliphatic carbocycles. The van der Waals surface area contributed by atoms with E-state index in [4.69, 9.17) is 0 Å². The van der Waals surface area contributed by atoms with Crippen LogP contribution in [0, 0.1) is 6.92 Å². The van der Waals surface area contributed by atoms with Gasteiger partial charge in [0, 0.05) is 16.3 Å². The van der Waals surface area contributed by atoms with E-state index in [0.29, 0.717) is 10.7 Å². The van der Waals surface area contributed by atoms with E-state index in [1.807, 2.05) is 66.9 Å². The van der Waals surface area contributed by atoms with Gasteiger partial charge in [-0.05, 0) is 30.7 Å². The molecular formula is C20H16N4OS. The Balaban J connectivity index is 1.62. The van der Waals surface area contributed by atoms with E-state index in [2.05, 4.69) is 20.5 Å². The highest BCUT2D eigenvalue weighted by Crippen LogP contribution is 2.20. The Bertz CT molecular complexity index is 1110. The lowest BCUT2D eigenvalue weighted by molar-refractivity contribution is 0.102. The first-order chi connectivity index (χ1) is 12.7. The molecule has 0 spiro atoms. The lowest BCUT2D eigenvalue weighted by atomic mass is 10.1. The number of thiazole rings is 1. The highest BCUT2D eigenvalue weighted by Gasteiger charge is 2.11. The average Bonchev–Trinajstić information content (AvgIpc) is 3.26. The van der Waals surface area contributed by atoms with Crippen molar-refractivity contribution in [3.63, 3.8) is 0 Å². The third-order valence-corrected chi connectivity index (χ3v) is 4.84. The minimum absolute atomic E-state index is 0.175. The van der Waals surface area contributed by atoms with E-state index in [1.165, 1.54) is 11.3 Å². The first-order valence-electron chi connectivity index (χ1n) is 8.14. The van der Waals surface area contributed by atoms with Crippen molar-refractivity contribution >= 4 is 45.4 Å². The molecule has 0 radical (unpaired) electrons. The van der Waals surface area contributed by atoms with Gasteiger partial charge in [0.15, 0.2) is 5.13 Å². The van der Waals surface area contributed by atoms with Crippen LogP contribution in [0.5, 0.6) is 0 Å². The number of aryl methyl sites for hydroxylation is 1. The zero-order chi connectivity index (χ0) is 17.9. The van der Waals surface area contributed by atoms with Gasteiger partial charge in [-0.3, -0.25) is 15.2 Å². The van der Waals surface area contributed by atoms with Crippen LogP contribution < -0.4 is 5.32 Å². The second-order valence-electron chi connectivity index (χ2n) is 5.82. The maximum absolute atomic E-state index is 12.6. The smallest absolute Gasteiger partial charge is 0.258 e. The van der Waals surface area contributed by atoms with Crippen molar-refractivity contribution in [2.24, 2.45) is 0 Å². The Morgan fingerprint density at radius 3 is 2.77 bits per heavy atom. The molecule has 0 saturated heterocycles. The Morgan fingerprint density at radius 2 is 1.92 bits per heavy atom. The molecule has 4 aromatic rings. The number of rotatable bonds is 4.